The molecule has 2 heterocycles. The number of benzene rings is 2. The maximum Gasteiger partial charge on any atom is 0.247 e. The van der Waals surface area contributed by atoms with Gasteiger partial charge in [-0.05, 0) is 24.3 Å². The number of ether oxygens (including phenoxy) is 1. The molecule has 0 aliphatic rings. The first-order valence-corrected chi connectivity index (χ1v) is 13.2. The lowest BCUT2D eigenvalue weighted by atomic mass is 9.40. The number of nitrogens with zero attached hydrogens (tertiary/aromatic N) is 5. The highest BCUT2D eigenvalue weighted by Crippen LogP contribution is 2.38. The highest BCUT2D eigenvalue weighted by molar-refractivity contribution is 6.63. The van der Waals surface area contributed by atoms with Crippen LogP contribution in [0.4, 0.5) is 23.0 Å². The fourth-order valence-electron chi connectivity index (χ4n) is 4.76. The van der Waals surface area contributed by atoms with Crippen LogP contribution in [0.3, 0.4) is 0 Å². The van der Waals surface area contributed by atoms with Crippen LogP contribution >= 0.6 is 0 Å². The Morgan fingerprint density at radius 1 is 1.07 bits per heavy atom. The Bertz CT molecular complexity index is 1620. The van der Waals surface area contributed by atoms with Crippen molar-refractivity contribution in [3.05, 3.63) is 67.5 Å². The maximum absolute atomic E-state index is 12.4. The minimum absolute atomic E-state index is 0.0788. The van der Waals surface area contributed by atoms with Crippen LogP contribution in [0.1, 0.15) is 0 Å². The molecule has 0 saturated heterocycles. The van der Waals surface area contributed by atoms with Gasteiger partial charge in [0.25, 0.3) is 0 Å². The van der Waals surface area contributed by atoms with Crippen LogP contribution in [-0.2, 0) is 11.8 Å². The molecule has 2 aromatic carbocycles. The minimum atomic E-state index is -1.88. The van der Waals surface area contributed by atoms with Crippen molar-refractivity contribution in [2.75, 3.05) is 42.8 Å². The molecule has 0 saturated carbocycles. The lowest BCUT2D eigenvalue weighted by molar-refractivity contribution is -0.111. The fourth-order valence-corrected chi connectivity index (χ4v) is 4.76. The van der Waals surface area contributed by atoms with Gasteiger partial charge >= 0.3 is 0 Å². The van der Waals surface area contributed by atoms with E-state index >= 15 is 0 Å². The van der Waals surface area contributed by atoms with E-state index in [4.69, 9.17) is 56.8 Å². The van der Waals surface area contributed by atoms with Gasteiger partial charge in [0.15, 0.2) is 0 Å². The van der Waals surface area contributed by atoms with Crippen LogP contribution in [0, 0.1) is 0 Å². The minimum Gasteiger partial charge on any atom is -0.494 e. The topological polar surface area (TPSA) is 87.6 Å². The molecule has 0 fully saturated rings. The van der Waals surface area contributed by atoms with E-state index in [0.717, 1.165) is 33.1 Å². The quantitative estimate of drug-likeness (QED) is 0.201. The molecule has 0 aliphatic heterocycles. The molecule has 9 nitrogen and oxygen atoms in total. The number of nitrogens with one attached hydrogen (secondary N) is 2. The van der Waals surface area contributed by atoms with Crippen molar-refractivity contribution >= 4 is 86.9 Å². The number of amides is 1. The average molecular weight is 558 g/mol. The molecule has 12 radical (unpaired) electrons. The number of hydrogen-bond acceptors (Lipinski definition) is 7. The fraction of sp³-hybridized carbons (Fsp3) is 0.250. The molecule has 1 amide bonds. The number of anilines is 4. The molecule has 2 N–H and O–H groups in total. The van der Waals surface area contributed by atoms with E-state index in [1.165, 1.54) is 7.11 Å². The van der Waals surface area contributed by atoms with Crippen LogP contribution in [-0.4, -0.2) is 110 Å². The van der Waals surface area contributed by atoms with Gasteiger partial charge in [-0.1, -0.05) is 35.3 Å². The van der Waals surface area contributed by atoms with E-state index in [-0.39, 0.29) is 13.1 Å². The summed E-state index contributed by atoms with van der Waals surface area (Å²) in [4.78, 5) is 24.5. The van der Waals surface area contributed by atoms with Gasteiger partial charge in [0.05, 0.1) is 76.9 Å². The number of para-hydroxylation sites is 1. The van der Waals surface area contributed by atoms with Crippen molar-refractivity contribution in [3.8, 4) is 17.0 Å². The molecular formula is C28H27B6N7O2. The normalized spacial score (nSPS) is 11.8. The van der Waals surface area contributed by atoms with E-state index in [1.54, 1.807) is 30.3 Å². The predicted molar refractivity (Wildman–Crippen MR) is 179 cm³/mol. The lowest BCUT2D eigenvalue weighted by Crippen LogP contribution is -2.64. The molecule has 15 heteroatoms. The van der Waals surface area contributed by atoms with Crippen LogP contribution in [0.5, 0.6) is 5.75 Å². The first-order chi connectivity index (χ1) is 20.2. The maximum atomic E-state index is 12.4. The van der Waals surface area contributed by atoms with E-state index in [9.17, 15) is 4.79 Å². The number of aromatic nitrogens is 3. The van der Waals surface area contributed by atoms with Gasteiger partial charge < -0.3 is 29.7 Å². The number of methoxy groups -OCH3 is 1. The second-order valence-corrected chi connectivity index (χ2v) is 10.2. The lowest BCUT2D eigenvalue weighted by Gasteiger charge is -2.49. The average Bonchev–Trinajstić information content (AvgIpc) is 3.28. The Morgan fingerprint density at radius 3 is 2.42 bits per heavy atom. The zero-order valence-electron chi connectivity index (χ0n) is 24.4. The van der Waals surface area contributed by atoms with Gasteiger partial charge in [-0.3, -0.25) is 4.79 Å². The zero-order chi connectivity index (χ0) is 31.5. The van der Waals surface area contributed by atoms with Gasteiger partial charge in [0.2, 0.25) is 11.9 Å². The third-order valence-corrected chi connectivity index (χ3v) is 6.84. The van der Waals surface area contributed by atoms with E-state index in [1.807, 2.05) is 31.4 Å². The Hall–Kier alpha value is -3.98. The second kappa shape index (κ2) is 12.7. The molecule has 0 unspecified atom stereocenters. The number of hydrogen-bond donors (Lipinski definition) is 2. The molecule has 0 spiro atoms. The Balaban J connectivity index is 1.68. The molecule has 2 aromatic heterocycles. The third kappa shape index (κ3) is 7.33. The van der Waals surface area contributed by atoms with Crippen molar-refractivity contribution in [1.82, 2.24) is 19.4 Å². The Morgan fingerprint density at radius 2 is 1.77 bits per heavy atom. The van der Waals surface area contributed by atoms with Crippen molar-refractivity contribution in [1.29, 1.82) is 0 Å². The van der Waals surface area contributed by atoms with Gasteiger partial charge in [-0.25, -0.2) is 9.97 Å². The number of fused-ring (bicyclic) bond motifs is 1. The van der Waals surface area contributed by atoms with Crippen molar-refractivity contribution < 1.29 is 9.53 Å². The van der Waals surface area contributed by atoms with Crippen LogP contribution in [0.15, 0.2) is 67.5 Å². The summed E-state index contributed by atoms with van der Waals surface area (Å²) in [6.07, 6.45) is 4.86. The zero-order valence-corrected chi connectivity index (χ0v) is 24.4. The highest BCUT2D eigenvalue weighted by Gasteiger charge is 2.29. The molecule has 0 bridgehead atoms. The van der Waals surface area contributed by atoms with Gasteiger partial charge in [-0.15, -0.1) is 0 Å². The molecule has 43 heavy (non-hydrogen) atoms. The standard InChI is InChI=1S/C28H27B6N7O2/c1-5-25(42)36-20-14-21(24(43-4)15-23(20)39(2)12-13-41(27(29,30)31)28(32,33)34)38-26-35-11-10-19(37-26)18-16-40(3)22-9-7-6-8-17(18)22/h5-11,14-16H,1,12-13H2,2-4H3,(H,36,42)(H,35,37,38). The summed E-state index contributed by atoms with van der Waals surface area (Å²) >= 11 is 0. The van der Waals surface area contributed by atoms with Gasteiger partial charge in [0, 0.05) is 62.1 Å². The van der Waals surface area contributed by atoms with Crippen molar-refractivity contribution in [3.63, 3.8) is 0 Å². The van der Waals surface area contributed by atoms with E-state index < -0.39 is 16.4 Å². The second-order valence-electron chi connectivity index (χ2n) is 10.2. The molecule has 4 aromatic rings. The van der Waals surface area contributed by atoms with Gasteiger partial charge in [0.1, 0.15) is 5.75 Å². The van der Waals surface area contributed by atoms with Gasteiger partial charge in [-0.2, -0.15) is 0 Å². The summed E-state index contributed by atoms with van der Waals surface area (Å²) in [5, 5.41) is 3.35. The smallest absolute Gasteiger partial charge is 0.247 e. The van der Waals surface area contributed by atoms with Crippen LogP contribution in [0.2, 0.25) is 0 Å². The third-order valence-electron chi connectivity index (χ3n) is 6.84. The summed E-state index contributed by atoms with van der Waals surface area (Å²) < 4.78 is 7.74. The first kappa shape index (κ1) is 31.9. The molecule has 204 valence electrons. The summed E-state index contributed by atoms with van der Waals surface area (Å²) in [7, 11) is 40.3. The number of carbonyl (C=O) groups excluding carboxylic acids is 1. The molecular weight excluding hydrogens is 531 g/mol. The first-order valence-electron chi connectivity index (χ1n) is 13.2. The monoisotopic (exact) mass is 559 g/mol. The summed E-state index contributed by atoms with van der Waals surface area (Å²) in [5.74, 6) is 0.360. The number of aryl methyl sites for hydroxylation is 1. The number of carbonyl (C=O) groups is 1. The van der Waals surface area contributed by atoms with E-state index in [0.29, 0.717) is 28.8 Å². The largest absolute Gasteiger partial charge is 0.494 e. The van der Waals surface area contributed by atoms with E-state index in [2.05, 4.69) is 38.9 Å². The summed E-state index contributed by atoms with van der Waals surface area (Å²) in [5.41, 5.74) is 4.31. The molecule has 0 aliphatic carbocycles. The Kier molecular flexibility index (Phi) is 9.44. The SMILES string of the molecule is [B]C([B])([B])N(CCN(C)c1cc(OC)c(Nc2nccc(-c3cn(C)c4ccccc34)n2)cc1NC(=O)C=C)C([B])([B])[B]. The Labute approximate surface area is 260 Å². The summed E-state index contributed by atoms with van der Waals surface area (Å²) in [6.45, 7) is 3.89. The van der Waals surface area contributed by atoms with Crippen LogP contribution < -0.4 is 20.3 Å². The van der Waals surface area contributed by atoms with Crippen LogP contribution in [0.25, 0.3) is 22.2 Å². The predicted octanol–water partition coefficient (Wildman–Crippen LogP) is 1.48. The van der Waals surface area contributed by atoms with Crippen molar-refractivity contribution in [2.24, 2.45) is 7.05 Å². The number of likely N-dealkylation sites (N-methyl/N-ethyl adjacent to an activating group) is 1. The molecule has 0 atom stereocenters. The number of rotatable bonds is 12. The molecule has 4 rings (SSSR count). The van der Waals surface area contributed by atoms with Crippen molar-refractivity contribution in [2.45, 2.75) is 10.5 Å². The summed E-state index contributed by atoms with van der Waals surface area (Å²) in [6, 6.07) is 13.4. The highest BCUT2D eigenvalue weighted by atomic mass is 16.5.